The number of amides is 2. The van der Waals surface area contributed by atoms with Crippen molar-refractivity contribution in [3.05, 3.63) is 65.2 Å². The molecular formula is C20H21ClN2O3. The second-order valence-corrected chi connectivity index (χ2v) is 6.74. The molecule has 136 valence electrons. The van der Waals surface area contributed by atoms with E-state index in [0.29, 0.717) is 22.7 Å². The van der Waals surface area contributed by atoms with Crippen LogP contribution in [0.2, 0.25) is 5.02 Å². The molecule has 0 aromatic heterocycles. The summed E-state index contributed by atoms with van der Waals surface area (Å²) in [6, 6.07) is 16.1. The third-order valence-corrected chi connectivity index (χ3v) is 4.70. The summed E-state index contributed by atoms with van der Waals surface area (Å²) in [5.41, 5.74) is 1.15. The van der Waals surface area contributed by atoms with Crippen molar-refractivity contribution in [2.24, 2.45) is 0 Å². The van der Waals surface area contributed by atoms with E-state index in [9.17, 15) is 9.59 Å². The predicted octanol–water partition coefficient (Wildman–Crippen LogP) is 4.63. The van der Waals surface area contributed by atoms with Crippen LogP contribution in [0, 0.1) is 0 Å². The van der Waals surface area contributed by atoms with Crippen molar-refractivity contribution < 1.29 is 14.3 Å². The number of nitrogens with one attached hydrogen (secondary N) is 2. The minimum absolute atomic E-state index is 0.0398. The van der Waals surface area contributed by atoms with Crippen LogP contribution in [0.1, 0.15) is 36.0 Å². The molecule has 0 saturated heterocycles. The monoisotopic (exact) mass is 372 g/mol. The van der Waals surface area contributed by atoms with Gasteiger partial charge in [-0.15, -0.1) is 0 Å². The maximum atomic E-state index is 12.4. The summed E-state index contributed by atoms with van der Waals surface area (Å²) in [6.45, 7) is 0. The van der Waals surface area contributed by atoms with Gasteiger partial charge in [0.25, 0.3) is 5.91 Å². The van der Waals surface area contributed by atoms with Crippen molar-refractivity contribution in [2.75, 3.05) is 5.32 Å². The fourth-order valence-electron chi connectivity index (χ4n) is 3.11. The molecule has 5 nitrogen and oxygen atoms in total. The van der Waals surface area contributed by atoms with Crippen LogP contribution >= 0.6 is 11.6 Å². The summed E-state index contributed by atoms with van der Waals surface area (Å²) in [7, 11) is 0. The van der Waals surface area contributed by atoms with Gasteiger partial charge in [-0.2, -0.15) is 0 Å². The van der Waals surface area contributed by atoms with Gasteiger partial charge in [0.15, 0.2) is 0 Å². The van der Waals surface area contributed by atoms with Gasteiger partial charge in [0.2, 0.25) is 0 Å². The first-order valence-corrected chi connectivity index (χ1v) is 9.07. The van der Waals surface area contributed by atoms with E-state index in [1.165, 1.54) is 0 Å². The number of benzene rings is 2. The molecule has 2 aromatic rings. The highest BCUT2D eigenvalue weighted by molar-refractivity contribution is 6.33. The highest BCUT2D eigenvalue weighted by Gasteiger charge is 2.26. The van der Waals surface area contributed by atoms with Crippen LogP contribution in [0.25, 0.3) is 0 Å². The van der Waals surface area contributed by atoms with Crippen molar-refractivity contribution in [1.82, 2.24) is 5.32 Å². The molecule has 6 heteroatoms. The molecule has 0 bridgehead atoms. The molecule has 1 fully saturated rings. The van der Waals surface area contributed by atoms with Crippen LogP contribution in [0.3, 0.4) is 0 Å². The first-order chi connectivity index (χ1) is 12.6. The Bertz CT molecular complexity index is 767. The van der Waals surface area contributed by atoms with Gasteiger partial charge in [0.05, 0.1) is 10.6 Å². The largest absolute Gasteiger partial charge is 0.446 e. The van der Waals surface area contributed by atoms with E-state index >= 15 is 0 Å². The summed E-state index contributed by atoms with van der Waals surface area (Å²) >= 11 is 6.07. The maximum absolute atomic E-state index is 12.4. The van der Waals surface area contributed by atoms with Crippen molar-refractivity contribution >= 4 is 29.3 Å². The summed E-state index contributed by atoms with van der Waals surface area (Å²) in [6.07, 6.45) is 2.44. The van der Waals surface area contributed by atoms with Crippen LogP contribution in [0.4, 0.5) is 10.5 Å². The minimum Gasteiger partial charge on any atom is -0.446 e. The lowest BCUT2D eigenvalue weighted by Gasteiger charge is -2.29. The Morgan fingerprint density at radius 2 is 1.73 bits per heavy atom. The summed E-state index contributed by atoms with van der Waals surface area (Å²) in [5, 5.41) is 6.13. The Balaban J connectivity index is 1.52. The summed E-state index contributed by atoms with van der Waals surface area (Å²) in [4.78, 5) is 24.4. The van der Waals surface area contributed by atoms with Crippen LogP contribution in [0.5, 0.6) is 0 Å². The standard InChI is InChI=1S/C20H21ClN2O3/c21-18-12-5-4-11-17(18)19(24)22-15-9-6-10-16(13-15)26-20(25)23-14-7-2-1-3-8-14/h1-5,7-8,11-12,15-16H,6,9-10,13H2,(H,22,24)(H,23,25)/t15-,16-/m1/s1. The fraction of sp³-hybridized carbons (Fsp3) is 0.300. The molecule has 0 spiro atoms. The lowest BCUT2D eigenvalue weighted by atomic mass is 9.92. The van der Waals surface area contributed by atoms with Crippen LogP contribution < -0.4 is 10.6 Å². The number of carbonyl (C=O) groups excluding carboxylic acids is 2. The molecule has 2 N–H and O–H groups in total. The average Bonchev–Trinajstić information content (AvgIpc) is 2.63. The van der Waals surface area contributed by atoms with Gasteiger partial charge < -0.3 is 10.1 Å². The lowest BCUT2D eigenvalue weighted by molar-refractivity contribution is 0.0713. The molecular weight excluding hydrogens is 352 g/mol. The Morgan fingerprint density at radius 1 is 1.00 bits per heavy atom. The number of hydrogen-bond donors (Lipinski definition) is 2. The first kappa shape index (κ1) is 18.3. The molecule has 3 rings (SSSR count). The Hall–Kier alpha value is -2.53. The number of para-hydroxylation sites is 1. The Labute approximate surface area is 157 Å². The topological polar surface area (TPSA) is 67.4 Å². The summed E-state index contributed by atoms with van der Waals surface area (Å²) in [5.74, 6) is -0.199. The maximum Gasteiger partial charge on any atom is 0.411 e. The predicted molar refractivity (Wildman–Crippen MR) is 102 cm³/mol. The Kier molecular flexibility index (Phi) is 6.12. The van der Waals surface area contributed by atoms with E-state index in [-0.39, 0.29) is 18.1 Å². The number of anilines is 1. The van der Waals surface area contributed by atoms with Gasteiger partial charge in [-0.3, -0.25) is 10.1 Å². The Morgan fingerprint density at radius 3 is 2.50 bits per heavy atom. The van der Waals surface area contributed by atoms with Crippen LogP contribution in [-0.4, -0.2) is 24.1 Å². The second kappa shape index (κ2) is 8.72. The number of carbonyl (C=O) groups is 2. The number of halogens is 1. The van der Waals surface area contributed by atoms with Gasteiger partial charge in [-0.05, 0) is 43.5 Å². The third-order valence-electron chi connectivity index (χ3n) is 4.37. The molecule has 0 aliphatic heterocycles. The minimum atomic E-state index is -0.473. The van der Waals surface area contributed by atoms with Gasteiger partial charge in [-0.25, -0.2) is 4.79 Å². The molecule has 26 heavy (non-hydrogen) atoms. The SMILES string of the molecule is O=C(Nc1ccccc1)O[C@@H]1CCC[C@@H](NC(=O)c2ccccc2Cl)C1. The van der Waals surface area contributed by atoms with Gasteiger partial charge in [0, 0.05) is 18.2 Å². The van der Waals surface area contributed by atoms with E-state index < -0.39 is 6.09 Å². The molecule has 0 unspecified atom stereocenters. The lowest BCUT2D eigenvalue weighted by Crippen LogP contribution is -2.41. The van der Waals surface area contributed by atoms with E-state index in [1.807, 2.05) is 18.2 Å². The smallest absolute Gasteiger partial charge is 0.411 e. The molecule has 1 aliphatic carbocycles. The van der Waals surface area contributed by atoms with Crippen molar-refractivity contribution in [3.63, 3.8) is 0 Å². The van der Waals surface area contributed by atoms with Crippen LogP contribution in [0.15, 0.2) is 54.6 Å². The van der Waals surface area contributed by atoms with Crippen molar-refractivity contribution in [1.29, 1.82) is 0 Å². The second-order valence-electron chi connectivity index (χ2n) is 6.34. The molecule has 0 heterocycles. The van der Waals surface area contributed by atoms with E-state index in [1.54, 1.807) is 36.4 Å². The quantitative estimate of drug-likeness (QED) is 0.822. The molecule has 0 radical (unpaired) electrons. The molecule has 2 atom stereocenters. The molecule has 2 amide bonds. The normalized spacial score (nSPS) is 19.4. The van der Waals surface area contributed by atoms with Gasteiger partial charge >= 0.3 is 6.09 Å². The van der Waals surface area contributed by atoms with Crippen molar-refractivity contribution in [3.8, 4) is 0 Å². The summed E-state index contributed by atoms with van der Waals surface area (Å²) < 4.78 is 5.51. The number of ether oxygens (including phenoxy) is 1. The number of hydrogen-bond acceptors (Lipinski definition) is 3. The highest BCUT2D eigenvalue weighted by Crippen LogP contribution is 2.23. The third kappa shape index (κ3) is 4.99. The fourth-order valence-corrected chi connectivity index (χ4v) is 3.33. The van der Waals surface area contributed by atoms with E-state index in [0.717, 1.165) is 19.3 Å². The van der Waals surface area contributed by atoms with Gasteiger partial charge in [-0.1, -0.05) is 41.9 Å². The van der Waals surface area contributed by atoms with Gasteiger partial charge in [0.1, 0.15) is 6.10 Å². The average molecular weight is 373 g/mol. The van der Waals surface area contributed by atoms with E-state index in [4.69, 9.17) is 16.3 Å². The van der Waals surface area contributed by atoms with Crippen LogP contribution in [-0.2, 0) is 4.74 Å². The van der Waals surface area contributed by atoms with Crippen molar-refractivity contribution in [2.45, 2.75) is 37.8 Å². The molecule has 1 aliphatic rings. The zero-order valence-electron chi connectivity index (χ0n) is 14.3. The molecule has 1 saturated carbocycles. The molecule has 2 aromatic carbocycles. The zero-order valence-corrected chi connectivity index (χ0v) is 15.0. The number of rotatable bonds is 4. The highest BCUT2D eigenvalue weighted by atomic mass is 35.5. The van der Waals surface area contributed by atoms with E-state index in [2.05, 4.69) is 10.6 Å². The first-order valence-electron chi connectivity index (χ1n) is 8.70. The zero-order chi connectivity index (χ0) is 18.4.